The van der Waals surface area contributed by atoms with E-state index in [0.29, 0.717) is 26.8 Å². The van der Waals surface area contributed by atoms with E-state index in [-0.39, 0.29) is 18.1 Å². The second-order valence-corrected chi connectivity index (χ2v) is 6.63. The van der Waals surface area contributed by atoms with Crippen molar-refractivity contribution in [1.82, 2.24) is 19.7 Å². The number of halogens is 2. The van der Waals surface area contributed by atoms with Gasteiger partial charge < -0.3 is 5.73 Å². The summed E-state index contributed by atoms with van der Waals surface area (Å²) in [7, 11) is 0. The number of pyridine rings is 2. The molecule has 0 aliphatic heterocycles. The topological polar surface area (TPSA) is 93.4 Å². The van der Waals surface area contributed by atoms with E-state index in [1.54, 1.807) is 23.0 Å². The Hall–Kier alpha value is -3.31. The standard InChI is InChI=1S/C19H12BrFN6/c20-16-13-9-27(10-15-14(21)6-3-7-24-15)26-18(13)19(23)25-17(16)12-5-2-1-4-11(12)8-22/h1-7,9H,10H2,(H2,23,25). The summed E-state index contributed by atoms with van der Waals surface area (Å²) >= 11 is 3.56. The van der Waals surface area contributed by atoms with Gasteiger partial charge >= 0.3 is 0 Å². The highest BCUT2D eigenvalue weighted by molar-refractivity contribution is 9.10. The molecule has 0 saturated carbocycles. The number of benzene rings is 1. The van der Waals surface area contributed by atoms with Crippen LogP contribution in [0.3, 0.4) is 0 Å². The van der Waals surface area contributed by atoms with Crippen LogP contribution in [-0.4, -0.2) is 19.7 Å². The SMILES string of the molecule is N#Cc1ccccc1-c1nc(N)c2nn(Cc3ncccc3F)cc2c1Br. The van der Waals surface area contributed by atoms with Crippen LogP contribution in [0, 0.1) is 17.1 Å². The third-order valence-electron chi connectivity index (χ3n) is 4.13. The Morgan fingerprint density at radius 3 is 2.81 bits per heavy atom. The van der Waals surface area contributed by atoms with Crippen LogP contribution in [0.2, 0.25) is 0 Å². The van der Waals surface area contributed by atoms with Crippen LogP contribution in [0.5, 0.6) is 0 Å². The number of hydrogen-bond acceptors (Lipinski definition) is 5. The molecule has 4 aromatic rings. The fourth-order valence-electron chi connectivity index (χ4n) is 2.86. The molecular formula is C19H12BrFN6. The maximum atomic E-state index is 13.9. The highest BCUT2D eigenvalue weighted by Crippen LogP contribution is 2.36. The van der Waals surface area contributed by atoms with Crippen LogP contribution in [0.4, 0.5) is 10.2 Å². The van der Waals surface area contributed by atoms with Crippen LogP contribution in [0.15, 0.2) is 53.3 Å². The number of rotatable bonds is 3. The molecule has 0 aliphatic rings. The van der Waals surface area contributed by atoms with Gasteiger partial charge in [0.25, 0.3) is 0 Å². The highest BCUT2D eigenvalue weighted by Gasteiger charge is 2.18. The average molecular weight is 423 g/mol. The van der Waals surface area contributed by atoms with E-state index in [2.05, 4.69) is 37.1 Å². The van der Waals surface area contributed by atoms with E-state index in [0.717, 1.165) is 5.39 Å². The molecule has 0 radical (unpaired) electrons. The van der Waals surface area contributed by atoms with Crippen molar-refractivity contribution >= 4 is 32.7 Å². The van der Waals surface area contributed by atoms with Crippen molar-refractivity contribution in [3.8, 4) is 17.3 Å². The van der Waals surface area contributed by atoms with Gasteiger partial charge in [0, 0.05) is 23.3 Å². The van der Waals surface area contributed by atoms with Gasteiger partial charge in [-0.3, -0.25) is 9.67 Å². The predicted octanol–water partition coefficient (Wildman–Crippen LogP) is 3.90. The smallest absolute Gasteiger partial charge is 0.152 e. The Bertz CT molecular complexity index is 1210. The first-order valence-corrected chi connectivity index (χ1v) is 8.79. The Balaban J connectivity index is 1.85. The number of aromatic nitrogens is 4. The molecule has 0 aliphatic carbocycles. The van der Waals surface area contributed by atoms with E-state index >= 15 is 0 Å². The van der Waals surface area contributed by atoms with E-state index in [1.165, 1.54) is 18.3 Å². The number of nitrogens with zero attached hydrogens (tertiary/aromatic N) is 5. The predicted molar refractivity (Wildman–Crippen MR) is 103 cm³/mol. The van der Waals surface area contributed by atoms with Gasteiger partial charge in [0.2, 0.25) is 0 Å². The Labute approximate surface area is 162 Å². The van der Waals surface area contributed by atoms with Gasteiger partial charge in [-0.15, -0.1) is 0 Å². The molecule has 27 heavy (non-hydrogen) atoms. The summed E-state index contributed by atoms with van der Waals surface area (Å²) in [6.07, 6.45) is 3.29. The first-order valence-electron chi connectivity index (χ1n) is 7.99. The van der Waals surface area contributed by atoms with E-state index in [9.17, 15) is 9.65 Å². The first-order chi connectivity index (χ1) is 13.1. The largest absolute Gasteiger partial charge is 0.382 e. The normalized spacial score (nSPS) is 10.9. The van der Waals surface area contributed by atoms with Crippen molar-refractivity contribution in [3.63, 3.8) is 0 Å². The lowest BCUT2D eigenvalue weighted by molar-refractivity contribution is 0.572. The Kier molecular flexibility index (Phi) is 4.30. The van der Waals surface area contributed by atoms with E-state index in [4.69, 9.17) is 5.73 Å². The number of nitriles is 1. The Morgan fingerprint density at radius 2 is 2.04 bits per heavy atom. The van der Waals surface area contributed by atoms with Crippen LogP contribution in [0.1, 0.15) is 11.3 Å². The van der Waals surface area contributed by atoms with Crippen molar-refractivity contribution in [2.45, 2.75) is 6.54 Å². The first kappa shape index (κ1) is 17.1. The molecule has 132 valence electrons. The summed E-state index contributed by atoms with van der Waals surface area (Å²) in [5.41, 5.74) is 8.61. The summed E-state index contributed by atoms with van der Waals surface area (Å²) in [6.45, 7) is 0.164. The van der Waals surface area contributed by atoms with Crippen molar-refractivity contribution in [2.75, 3.05) is 5.73 Å². The maximum Gasteiger partial charge on any atom is 0.152 e. The second kappa shape index (κ2) is 6.78. The highest BCUT2D eigenvalue weighted by atomic mass is 79.9. The quantitative estimate of drug-likeness (QED) is 0.540. The molecule has 0 amide bonds. The number of anilines is 1. The Morgan fingerprint density at radius 1 is 1.22 bits per heavy atom. The molecule has 0 saturated heterocycles. The molecule has 4 rings (SSSR count). The van der Waals surface area contributed by atoms with E-state index in [1.807, 2.05) is 12.1 Å². The monoisotopic (exact) mass is 422 g/mol. The van der Waals surface area contributed by atoms with Crippen LogP contribution in [-0.2, 0) is 6.54 Å². The third kappa shape index (κ3) is 3.02. The lowest BCUT2D eigenvalue weighted by Gasteiger charge is -2.08. The molecule has 1 aromatic carbocycles. The van der Waals surface area contributed by atoms with Crippen LogP contribution >= 0.6 is 15.9 Å². The molecule has 8 heteroatoms. The molecule has 3 heterocycles. The fraction of sp³-hybridized carbons (Fsp3) is 0.0526. The van der Waals surface area contributed by atoms with Gasteiger partial charge in [0.1, 0.15) is 11.3 Å². The van der Waals surface area contributed by atoms with Crippen molar-refractivity contribution in [2.24, 2.45) is 0 Å². The molecule has 3 aromatic heterocycles. The van der Waals surface area contributed by atoms with Gasteiger partial charge in [-0.05, 0) is 34.1 Å². The zero-order chi connectivity index (χ0) is 19.0. The molecule has 0 fully saturated rings. The lowest BCUT2D eigenvalue weighted by atomic mass is 10.0. The molecule has 6 nitrogen and oxygen atoms in total. The van der Waals surface area contributed by atoms with Gasteiger partial charge in [0.05, 0.1) is 34.0 Å². The number of nitrogen functional groups attached to an aromatic ring is 1. The molecule has 0 bridgehead atoms. The lowest BCUT2D eigenvalue weighted by Crippen LogP contribution is -2.04. The maximum absolute atomic E-state index is 13.9. The average Bonchev–Trinajstić information content (AvgIpc) is 3.11. The van der Waals surface area contributed by atoms with Crippen molar-refractivity contribution < 1.29 is 4.39 Å². The summed E-state index contributed by atoms with van der Waals surface area (Å²) in [4.78, 5) is 8.48. The van der Waals surface area contributed by atoms with Gasteiger partial charge in [-0.25, -0.2) is 9.37 Å². The molecule has 0 atom stereocenters. The molecule has 2 N–H and O–H groups in total. The minimum atomic E-state index is -0.397. The number of nitrogens with two attached hydrogens (primary N) is 1. The second-order valence-electron chi connectivity index (χ2n) is 5.84. The summed E-state index contributed by atoms with van der Waals surface area (Å²) < 4.78 is 16.1. The molecule has 0 unspecified atom stereocenters. The zero-order valence-corrected chi connectivity index (χ0v) is 15.5. The molecule has 0 spiro atoms. The summed E-state index contributed by atoms with van der Waals surface area (Å²) in [5, 5.41) is 14.5. The van der Waals surface area contributed by atoms with Crippen molar-refractivity contribution in [1.29, 1.82) is 5.26 Å². The minimum absolute atomic E-state index is 0.164. The third-order valence-corrected chi connectivity index (χ3v) is 4.93. The van der Waals surface area contributed by atoms with E-state index < -0.39 is 5.82 Å². The minimum Gasteiger partial charge on any atom is -0.382 e. The number of hydrogen-bond donors (Lipinski definition) is 1. The van der Waals surface area contributed by atoms with Crippen LogP contribution in [0.25, 0.3) is 22.2 Å². The van der Waals surface area contributed by atoms with Gasteiger partial charge in [-0.1, -0.05) is 18.2 Å². The fourth-order valence-corrected chi connectivity index (χ4v) is 3.45. The summed E-state index contributed by atoms with van der Waals surface area (Å²) in [5.74, 6) is -0.165. The molecular weight excluding hydrogens is 411 g/mol. The summed E-state index contributed by atoms with van der Waals surface area (Å²) in [6, 6.07) is 12.2. The van der Waals surface area contributed by atoms with Gasteiger partial charge in [0.15, 0.2) is 5.82 Å². The van der Waals surface area contributed by atoms with Gasteiger partial charge in [-0.2, -0.15) is 10.4 Å². The number of fused-ring (bicyclic) bond motifs is 1. The van der Waals surface area contributed by atoms with Crippen molar-refractivity contribution in [3.05, 3.63) is 70.3 Å². The zero-order valence-electron chi connectivity index (χ0n) is 13.9. The van der Waals surface area contributed by atoms with Crippen LogP contribution < -0.4 is 5.73 Å².